The number of imidazole rings is 1. The number of pyridine rings is 1. The Kier molecular flexibility index (Phi) is 6.70. The number of nitrogens with one attached hydrogen (secondary N) is 1. The van der Waals surface area contributed by atoms with Crippen LogP contribution in [0.1, 0.15) is 11.9 Å². The average Bonchev–Trinajstić information content (AvgIpc) is 3.28. The first-order valence-corrected chi connectivity index (χ1v) is 11.6. The lowest BCUT2D eigenvalue weighted by atomic mass is 10.1. The van der Waals surface area contributed by atoms with E-state index in [4.69, 9.17) is 30.9 Å². The van der Waals surface area contributed by atoms with E-state index < -0.39 is 38.5 Å². The van der Waals surface area contributed by atoms with Crippen molar-refractivity contribution in [3.8, 4) is 0 Å². The molecule has 32 heavy (non-hydrogen) atoms. The Hall–Kier alpha value is -2.22. The second-order valence-electron chi connectivity index (χ2n) is 7.05. The highest BCUT2D eigenvalue weighted by molar-refractivity contribution is 7.51. The zero-order chi connectivity index (χ0) is 22.9. The molecule has 0 aliphatic carbocycles. The van der Waals surface area contributed by atoms with Crippen molar-refractivity contribution >= 4 is 36.2 Å². The van der Waals surface area contributed by atoms with Gasteiger partial charge in [-0.15, -0.1) is 0 Å². The van der Waals surface area contributed by atoms with E-state index in [1.165, 1.54) is 10.9 Å². The van der Waals surface area contributed by atoms with E-state index in [-0.39, 0.29) is 17.5 Å². The van der Waals surface area contributed by atoms with Crippen molar-refractivity contribution in [3.63, 3.8) is 0 Å². The number of aliphatic hydroxyl groups is 2. The largest absolute Gasteiger partial charge is 0.387 e. The van der Waals surface area contributed by atoms with Crippen LogP contribution in [0.2, 0.25) is 5.28 Å². The van der Waals surface area contributed by atoms with Crippen molar-refractivity contribution in [2.45, 2.75) is 31.1 Å². The molecule has 15 heteroatoms. The first kappa shape index (κ1) is 23.0. The number of fused-ring (bicyclic) bond motifs is 1. The van der Waals surface area contributed by atoms with Crippen LogP contribution in [0.3, 0.4) is 0 Å². The van der Waals surface area contributed by atoms with Crippen molar-refractivity contribution in [3.05, 3.63) is 41.7 Å². The highest BCUT2D eigenvalue weighted by Gasteiger charge is 2.44. The van der Waals surface area contributed by atoms with Gasteiger partial charge in [0.25, 0.3) is 0 Å². The summed E-state index contributed by atoms with van der Waals surface area (Å²) in [6, 6.07) is 5.49. The van der Waals surface area contributed by atoms with Crippen LogP contribution >= 0.6 is 19.2 Å². The highest BCUT2D eigenvalue weighted by atomic mass is 35.5. The van der Waals surface area contributed by atoms with E-state index in [2.05, 4.69) is 25.3 Å². The molecule has 4 rings (SSSR count). The van der Waals surface area contributed by atoms with Crippen LogP contribution in [0.15, 0.2) is 30.7 Å². The molecule has 1 fully saturated rings. The van der Waals surface area contributed by atoms with Gasteiger partial charge in [0.1, 0.15) is 24.7 Å². The van der Waals surface area contributed by atoms with Gasteiger partial charge >= 0.3 is 7.60 Å². The lowest BCUT2D eigenvalue weighted by molar-refractivity contribution is -0.0612. The number of aromatic nitrogens is 5. The first-order chi connectivity index (χ1) is 15.2. The minimum absolute atomic E-state index is 0.0719. The molecule has 4 heterocycles. The van der Waals surface area contributed by atoms with Gasteiger partial charge in [-0.3, -0.25) is 14.1 Å². The van der Waals surface area contributed by atoms with Gasteiger partial charge in [-0.05, 0) is 23.7 Å². The molecular formula is C17H20ClN6O7P. The Labute approximate surface area is 186 Å². The molecule has 0 unspecified atom stereocenters. The molecule has 1 aliphatic heterocycles. The molecule has 1 aliphatic rings. The summed E-state index contributed by atoms with van der Waals surface area (Å²) in [4.78, 5) is 34.6. The molecule has 1 saturated heterocycles. The average molecular weight is 487 g/mol. The van der Waals surface area contributed by atoms with Crippen LogP contribution in [0, 0.1) is 0 Å². The van der Waals surface area contributed by atoms with E-state index in [1.54, 1.807) is 12.3 Å². The number of rotatable bonds is 8. The minimum atomic E-state index is -4.37. The van der Waals surface area contributed by atoms with Crippen molar-refractivity contribution in [2.24, 2.45) is 0 Å². The van der Waals surface area contributed by atoms with E-state index in [9.17, 15) is 14.8 Å². The molecule has 0 amide bonds. The van der Waals surface area contributed by atoms with Crippen molar-refractivity contribution in [1.29, 1.82) is 0 Å². The maximum atomic E-state index is 10.9. The molecule has 3 aromatic rings. The summed E-state index contributed by atoms with van der Waals surface area (Å²) in [5.74, 6) is 0.346. The van der Waals surface area contributed by atoms with Crippen LogP contribution in [-0.4, -0.2) is 75.8 Å². The maximum Gasteiger partial charge on any atom is 0.350 e. The van der Waals surface area contributed by atoms with Crippen LogP contribution in [0.4, 0.5) is 5.82 Å². The smallest absolute Gasteiger partial charge is 0.350 e. The van der Waals surface area contributed by atoms with Crippen LogP contribution in [0.25, 0.3) is 11.2 Å². The third kappa shape index (κ3) is 5.05. The van der Waals surface area contributed by atoms with Gasteiger partial charge in [0.15, 0.2) is 23.2 Å². The lowest BCUT2D eigenvalue weighted by Gasteiger charge is -2.17. The van der Waals surface area contributed by atoms with Gasteiger partial charge in [0, 0.05) is 6.20 Å². The Morgan fingerprint density at radius 1 is 1.22 bits per heavy atom. The fourth-order valence-electron chi connectivity index (χ4n) is 3.26. The van der Waals surface area contributed by atoms with Gasteiger partial charge in [-0.2, -0.15) is 9.97 Å². The monoisotopic (exact) mass is 486 g/mol. The molecule has 0 aromatic carbocycles. The van der Waals surface area contributed by atoms with E-state index in [1.807, 2.05) is 12.1 Å². The topological polar surface area (TPSA) is 185 Å². The Morgan fingerprint density at radius 3 is 2.75 bits per heavy atom. The molecule has 172 valence electrons. The molecule has 0 bridgehead atoms. The number of aliphatic hydroxyl groups excluding tert-OH is 2. The molecular weight excluding hydrogens is 467 g/mol. The van der Waals surface area contributed by atoms with Gasteiger partial charge in [0.05, 0.1) is 25.2 Å². The minimum Gasteiger partial charge on any atom is -0.387 e. The summed E-state index contributed by atoms with van der Waals surface area (Å²) >= 11 is 6.08. The molecule has 5 N–H and O–H groups in total. The number of hydrogen-bond acceptors (Lipinski definition) is 10. The van der Waals surface area contributed by atoms with Crippen molar-refractivity contribution < 1.29 is 34.0 Å². The molecule has 0 saturated carbocycles. The maximum absolute atomic E-state index is 10.9. The van der Waals surface area contributed by atoms with Gasteiger partial charge in [-0.1, -0.05) is 6.07 Å². The predicted molar refractivity (Wildman–Crippen MR) is 111 cm³/mol. The third-order valence-electron chi connectivity index (χ3n) is 4.71. The van der Waals surface area contributed by atoms with E-state index in [0.717, 1.165) is 5.69 Å². The molecule has 4 atom stereocenters. The molecule has 13 nitrogen and oxygen atoms in total. The van der Waals surface area contributed by atoms with Gasteiger partial charge in [-0.25, -0.2) is 4.98 Å². The number of nitrogens with zero attached hydrogens (tertiary/aromatic N) is 5. The molecule has 3 aromatic heterocycles. The van der Waals surface area contributed by atoms with Crippen molar-refractivity contribution in [1.82, 2.24) is 24.5 Å². The highest BCUT2D eigenvalue weighted by Crippen LogP contribution is 2.36. The summed E-state index contributed by atoms with van der Waals surface area (Å²) in [6.45, 7) is 0.0233. The quantitative estimate of drug-likeness (QED) is 0.216. The van der Waals surface area contributed by atoms with E-state index >= 15 is 0 Å². The Morgan fingerprint density at radius 2 is 2.03 bits per heavy atom. The van der Waals surface area contributed by atoms with E-state index in [0.29, 0.717) is 17.9 Å². The zero-order valence-electron chi connectivity index (χ0n) is 16.4. The van der Waals surface area contributed by atoms with Crippen LogP contribution in [0.5, 0.6) is 0 Å². The standard InChI is InChI=1S/C17H20ClN6O7P/c18-17-22-14(20-5-9-3-1-2-4-19-9)11-15(23-17)24(7-21-11)16-13(26)12(25)10(31-16)6-30-8-32(27,28)29/h1-4,7,10,12-13,16,25-26H,5-6,8H2,(H,20,22,23)(H2,27,28,29)/t10-,12-,13-,16-/m1/s1. The first-order valence-electron chi connectivity index (χ1n) is 9.41. The number of halogens is 1. The van der Waals surface area contributed by atoms with Gasteiger partial charge < -0.3 is 34.8 Å². The zero-order valence-corrected chi connectivity index (χ0v) is 18.0. The Bertz CT molecular complexity index is 1130. The molecule has 0 spiro atoms. The summed E-state index contributed by atoms with van der Waals surface area (Å²) in [5, 5.41) is 23.8. The fraction of sp³-hybridized carbons (Fsp3) is 0.412. The van der Waals surface area contributed by atoms with Crippen LogP contribution in [-0.2, 0) is 20.6 Å². The lowest BCUT2D eigenvalue weighted by Crippen LogP contribution is -2.33. The normalized spacial score (nSPS) is 23.7. The summed E-state index contributed by atoms with van der Waals surface area (Å²) in [7, 11) is -4.37. The van der Waals surface area contributed by atoms with Crippen molar-refractivity contribution in [2.75, 3.05) is 18.3 Å². The fourth-order valence-corrected chi connectivity index (χ4v) is 3.77. The molecule has 0 radical (unpaired) electrons. The van der Waals surface area contributed by atoms with Crippen LogP contribution < -0.4 is 5.32 Å². The number of anilines is 1. The second-order valence-corrected chi connectivity index (χ2v) is 8.98. The second kappa shape index (κ2) is 9.33. The Balaban J connectivity index is 1.54. The van der Waals surface area contributed by atoms with Gasteiger partial charge in [0.2, 0.25) is 5.28 Å². The number of ether oxygens (including phenoxy) is 2. The SMILES string of the molecule is O=P(O)(O)COC[C@H]1O[C@@H](n2cnc3c(NCc4ccccn4)nc(Cl)nc32)[C@H](O)[C@@H]1O. The summed E-state index contributed by atoms with van der Waals surface area (Å²) in [6.07, 6.45) is -2.67. The predicted octanol–water partition coefficient (Wildman–Crippen LogP) is 0.258. The third-order valence-corrected chi connectivity index (χ3v) is 5.40. The number of hydrogen-bond donors (Lipinski definition) is 5. The summed E-state index contributed by atoms with van der Waals surface area (Å²) in [5.41, 5.74) is 1.38. The summed E-state index contributed by atoms with van der Waals surface area (Å²) < 4.78 is 22.9.